The number of hydrogen-bond acceptors (Lipinski definition) is 7. The van der Waals surface area contributed by atoms with Crippen molar-refractivity contribution in [2.24, 2.45) is 10.2 Å². The van der Waals surface area contributed by atoms with Crippen LogP contribution in [0.1, 0.15) is 94.7 Å². The zero-order valence-corrected chi connectivity index (χ0v) is 25.5. The van der Waals surface area contributed by atoms with Gasteiger partial charge in [0.25, 0.3) is 5.91 Å². The van der Waals surface area contributed by atoms with E-state index < -0.39 is 0 Å². The zero-order valence-electron chi connectivity index (χ0n) is 25.5. The average Bonchev–Trinajstić information content (AvgIpc) is 3.26. The molecule has 1 unspecified atom stereocenters. The SMILES string of the molecule is CN=Nc1cc(C(=O)N2CCc3[nH]nc(C(=O)CCC(CC(=O)OC)c4ccc(C(C)(C)C)cc4)c3CC2)ccc1C. The van der Waals surface area contributed by atoms with E-state index in [0.29, 0.717) is 49.3 Å². The fraction of sp³-hybridized carbons (Fsp3) is 0.455. The van der Waals surface area contributed by atoms with Gasteiger partial charge in [0, 0.05) is 49.8 Å². The number of hydrogen-bond donors (Lipinski definition) is 1. The van der Waals surface area contributed by atoms with Gasteiger partial charge in [-0.25, -0.2) is 0 Å². The molecular weight excluding hydrogens is 530 g/mol. The number of nitrogens with one attached hydrogen (secondary N) is 1. The second-order valence-electron chi connectivity index (χ2n) is 11.9. The maximum atomic E-state index is 13.4. The number of rotatable bonds is 9. The number of Topliss-reactive ketones (excluding diaryl/α,β-unsaturated/α-hetero) is 1. The number of esters is 1. The van der Waals surface area contributed by atoms with Crippen molar-refractivity contribution < 1.29 is 19.1 Å². The van der Waals surface area contributed by atoms with Crippen molar-refractivity contribution >= 4 is 23.3 Å². The number of fused-ring (bicyclic) bond motifs is 1. The maximum Gasteiger partial charge on any atom is 0.306 e. The molecule has 1 amide bonds. The Balaban J connectivity index is 1.45. The molecule has 0 fully saturated rings. The molecule has 0 saturated heterocycles. The summed E-state index contributed by atoms with van der Waals surface area (Å²) in [5, 5.41) is 15.4. The number of aromatic nitrogens is 2. The van der Waals surface area contributed by atoms with E-state index >= 15 is 0 Å². The Kier molecular flexibility index (Phi) is 9.70. The Morgan fingerprint density at radius 1 is 1.07 bits per heavy atom. The van der Waals surface area contributed by atoms with Crippen LogP contribution in [-0.4, -0.2) is 60.0 Å². The summed E-state index contributed by atoms with van der Waals surface area (Å²) in [6.45, 7) is 9.41. The Morgan fingerprint density at radius 3 is 2.45 bits per heavy atom. The number of ketones is 1. The van der Waals surface area contributed by atoms with E-state index in [-0.39, 0.29) is 41.8 Å². The number of ether oxygens (including phenoxy) is 1. The van der Waals surface area contributed by atoms with Crippen LogP contribution in [0.4, 0.5) is 5.69 Å². The highest BCUT2D eigenvalue weighted by Gasteiger charge is 2.27. The van der Waals surface area contributed by atoms with Crippen molar-refractivity contribution in [3.63, 3.8) is 0 Å². The van der Waals surface area contributed by atoms with E-state index in [4.69, 9.17) is 4.74 Å². The second-order valence-corrected chi connectivity index (χ2v) is 11.9. The third kappa shape index (κ3) is 7.19. The summed E-state index contributed by atoms with van der Waals surface area (Å²) in [6.07, 6.45) is 2.07. The zero-order chi connectivity index (χ0) is 30.4. The van der Waals surface area contributed by atoms with Gasteiger partial charge in [-0.15, -0.1) is 0 Å². The number of methoxy groups -OCH3 is 1. The minimum atomic E-state index is -0.302. The smallest absolute Gasteiger partial charge is 0.306 e. The number of benzene rings is 2. The molecule has 3 aromatic rings. The first kappa shape index (κ1) is 30.8. The highest BCUT2D eigenvalue weighted by molar-refractivity contribution is 5.97. The molecular formula is C33H41N5O4. The van der Waals surface area contributed by atoms with E-state index in [9.17, 15) is 14.4 Å². The van der Waals surface area contributed by atoms with Gasteiger partial charge < -0.3 is 9.64 Å². The van der Waals surface area contributed by atoms with Crippen molar-refractivity contribution in [1.29, 1.82) is 0 Å². The fourth-order valence-corrected chi connectivity index (χ4v) is 5.41. The van der Waals surface area contributed by atoms with Crippen LogP contribution in [-0.2, 0) is 27.8 Å². The number of H-pyrrole nitrogens is 1. The van der Waals surface area contributed by atoms with Crippen LogP contribution in [0.3, 0.4) is 0 Å². The van der Waals surface area contributed by atoms with Gasteiger partial charge in [0.15, 0.2) is 5.78 Å². The van der Waals surface area contributed by atoms with Crippen LogP contribution in [0.5, 0.6) is 0 Å². The Bertz CT molecular complexity index is 1470. The van der Waals surface area contributed by atoms with E-state index in [1.165, 1.54) is 12.7 Å². The topological polar surface area (TPSA) is 117 Å². The third-order valence-corrected chi connectivity index (χ3v) is 8.04. The van der Waals surface area contributed by atoms with Crippen LogP contribution in [0.15, 0.2) is 52.7 Å². The van der Waals surface area contributed by atoms with E-state index in [0.717, 1.165) is 22.4 Å². The van der Waals surface area contributed by atoms with Gasteiger partial charge in [-0.1, -0.05) is 51.1 Å². The maximum absolute atomic E-state index is 13.4. The molecule has 2 heterocycles. The molecule has 222 valence electrons. The van der Waals surface area contributed by atoms with Gasteiger partial charge in [-0.05, 0) is 59.9 Å². The van der Waals surface area contributed by atoms with Crippen molar-refractivity contribution in [2.75, 3.05) is 27.2 Å². The first-order valence-electron chi connectivity index (χ1n) is 14.5. The summed E-state index contributed by atoms with van der Waals surface area (Å²) in [7, 11) is 2.99. The predicted octanol–water partition coefficient (Wildman–Crippen LogP) is 6.28. The van der Waals surface area contributed by atoms with Gasteiger partial charge in [0.05, 0.1) is 19.2 Å². The highest BCUT2D eigenvalue weighted by atomic mass is 16.5. The summed E-state index contributed by atoms with van der Waals surface area (Å²) < 4.78 is 4.95. The normalized spacial score (nSPS) is 14.4. The minimum Gasteiger partial charge on any atom is -0.469 e. The molecule has 1 atom stereocenters. The lowest BCUT2D eigenvalue weighted by molar-refractivity contribution is -0.141. The lowest BCUT2D eigenvalue weighted by Crippen LogP contribution is -2.33. The first-order chi connectivity index (χ1) is 20.0. The van der Waals surface area contributed by atoms with Crippen LogP contribution in [0, 0.1) is 6.92 Å². The predicted molar refractivity (Wildman–Crippen MR) is 162 cm³/mol. The standard InChI is InChI=1S/C33H41N5O4/c1-21-7-8-24(19-28(21)35-34-5)32(41)38-17-15-26-27(16-18-38)36-37-31(26)29(39)14-11-23(20-30(40)42-6)22-9-12-25(13-10-22)33(2,3)4/h7-10,12-13,19,23H,11,14-18,20H2,1-6H3,(H,36,37). The summed E-state index contributed by atoms with van der Waals surface area (Å²) in [4.78, 5) is 40.8. The Hall–Kier alpha value is -4.14. The largest absolute Gasteiger partial charge is 0.469 e. The van der Waals surface area contributed by atoms with E-state index in [1.54, 1.807) is 13.1 Å². The molecule has 0 radical (unpaired) electrons. The molecule has 0 aliphatic carbocycles. The van der Waals surface area contributed by atoms with Crippen LogP contribution in [0.2, 0.25) is 0 Å². The molecule has 2 aromatic carbocycles. The second kappa shape index (κ2) is 13.2. The number of azo groups is 1. The van der Waals surface area contributed by atoms with E-state index in [2.05, 4.69) is 53.3 Å². The molecule has 42 heavy (non-hydrogen) atoms. The molecule has 0 saturated carbocycles. The molecule has 0 spiro atoms. The molecule has 9 heteroatoms. The van der Waals surface area contributed by atoms with Gasteiger partial charge in [-0.2, -0.15) is 15.3 Å². The van der Waals surface area contributed by atoms with Crippen molar-refractivity contribution in [2.45, 2.75) is 71.1 Å². The number of carbonyl (C=O) groups is 3. The van der Waals surface area contributed by atoms with Crippen molar-refractivity contribution in [3.8, 4) is 0 Å². The minimum absolute atomic E-state index is 0.0223. The Labute approximate surface area is 247 Å². The highest BCUT2D eigenvalue weighted by Crippen LogP contribution is 2.30. The van der Waals surface area contributed by atoms with E-state index in [1.807, 2.05) is 36.1 Å². The molecule has 1 aromatic heterocycles. The number of aromatic amines is 1. The summed E-state index contributed by atoms with van der Waals surface area (Å²) in [5.74, 6) is -0.588. The fourth-order valence-electron chi connectivity index (χ4n) is 5.41. The molecule has 9 nitrogen and oxygen atoms in total. The molecule has 1 aliphatic rings. The molecule has 1 aliphatic heterocycles. The average molecular weight is 572 g/mol. The molecule has 4 rings (SSSR count). The molecule has 0 bridgehead atoms. The number of amides is 1. The number of aryl methyl sites for hydroxylation is 1. The monoisotopic (exact) mass is 571 g/mol. The number of nitrogens with zero attached hydrogens (tertiary/aromatic N) is 4. The van der Waals surface area contributed by atoms with Gasteiger partial charge in [0.2, 0.25) is 0 Å². The quantitative estimate of drug-likeness (QED) is 0.184. The first-order valence-corrected chi connectivity index (χ1v) is 14.5. The lowest BCUT2D eigenvalue weighted by atomic mass is 9.84. The van der Waals surface area contributed by atoms with Gasteiger partial charge in [0.1, 0.15) is 5.69 Å². The van der Waals surface area contributed by atoms with Gasteiger partial charge >= 0.3 is 5.97 Å². The summed E-state index contributed by atoms with van der Waals surface area (Å²) in [6, 6.07) is 13.7. The van der Waals surface area contributed by atoms with Crippen molar-refractivity contribution in [1.82, 2.24) is 15.1 Å². The number of carbonyl (C=O) groups excluding carboxylic acids is 3. The van der Waals surface area contributed by atoms with Crippen LogP contribution >= 0.6 is 0 Å². The third-order valence-electron chi connectivity index (χ3n) is 8.04. The Morgan fingerprint density at radius 2 is 1.79 bits per heavy atom. The van der Waals surface area contributed by atoms with Crippen molar-refractivity contribution in [3.05, 3.63) is 81.7 Å². The summed E-state index contributed by atoms with van der Waals surface area (Å²) >= 11 is 0. The summed E-state index contributed by atoms with van der Waals surface area (Å²) in [5.41, 5.74) is 6.63. The molecule has 1 N–H and O–H groups in total. The van der Waals surface area contributed by atoms with Crippen LogP contribution in [0.25, 0.3) is 0 Å². The lowest BCUT2D eigenvalue weighted by Gasteiger charge is -2.21. The van der Waals surface area contributed by atoms with Crippen LogP contribution < -0.4 is 0 Å². The van der Waals surface area contributed by atoms with Gasteiger partial charge in [-0.3, -0.25) is 19.5 Å².